The highest BCUT2D eigenvalue weighted by Crippen LogP contribution is 2.28. The van der Waals surface area contributed by atoms with Crippen LogP contribution in [0.1, 0.15) is 87.2 Å². The number of alkyl carbamates (subject to hydrolysis) is 1. The number of anilines is 1. The van der Waals surface area contributed by atoms with E-state index in [-0.39, 0.29) is 18.1 Å². The number of carbonyl (C=O) groups is 3. The quantitative estimate of drug-likeness (QED) is 0.172. The monoisotopic (exact) mass is 615 g/mol. The number of benzene rings is 3. The molecule has 0 aliphatic heterocycles. The first-order chi connectivity index (χ1) is 21.3. The third kappa shape index (κ3) is 11.0. The van der Waals surface area contributed by atoms with Gasteiger partial charge in [-0.3, -0.25) is 9.59 Å². The van der Waals surface area contributed by atoms with Gasteiger partial charge in [-0.25, -0.2) is 4.79 Å². The molecule has 3 amide bonds. The van der Waals surface area contributed by atoms with Crippen molar-refractivity contribution in [2.45, 2.75) is 98.3 Å². The summed E-state index contributed by atoms with van der Waals surface area (Å²) in [6.45, 7) is 13.6. The molecule has 8 nitrogen and oxygen atoms in total. The molecule has 3 aromatic carbocycles. The van der Waals surface area contributed by atoms with Gasteiger partial charge in [-0.05, 0) is 82.9 Å². The van der Waals surface area contributed by atoms with Crippen molar-refractivity contribution >= 4 is 23.6 Å². The van der Waals surface area contributed by atoms with Crippen molar-refractivity contribution in [2.24, 2.45) is 0 Å². The maximum absolute atomic E-state index is 14.7. The molecule has 242 valence electrons. The van der Waals surface area contributed by atoms with Gasteiger partial charge in [0.05, 0.1) is 0 Å². The van der Waals surface area contributed by atoms with Crippen molar-refractivity contribution in [1.82, 2.24) is 10.2 Å². The molecule has 0 aliphatic rings. The van der Waals surface area contributed by atoms with Crippen molar-refractivity contribution in [2.75, 3.05) is 11.9 Å². The molecule has 0 saturated carbocycles. The van der Waals surface area contributed by atoms with Crippen LogP contribution in [-0.4, -0.2) is 46.1 Å². The highest BCUT2D eigenvalue weighted by molar-refractivity contribution is 5.99. The van der Waals surface area contributed by atoms with E-state index in [1.54, 1.807) is 49.9 Å². The van der Waals surface area contributed by atoms with E-state index in [9.17, 15) is 19.5 Å². The number of hydrogen-bond donors (Lipinski definition) is 3. The smallest absolute Gasteiger partial charge is 0.408 e. The van der Waals surface area contributed by atoms with E-state index in [4.69, 9.17) is 4.74 Å². The summed E-state index contributed by atoms with van der Waals surface area (Å²) in [4.78, 5) is 43.7. The number of aromatic hydroxyl groups is 1. The molecule has 0 spiro atoms. The molecule has 0 heterocycles. The van der Waals surface area contributed by atoms with Gasteiger partial charge < -0.3 is 25.4 Å². The molecule has 2 atom stereocenters. The number of ether oxygens (including phenoxy) is 1. The average molecular weight is 616 g/mol. The summed E-state index contributed by atoms with van der Waals surface area (Å²) in [5.41, 5.74) is 4.19. The van der Waals surface area contributed by atoms with E-state index >= 15 is 0 Å². The second-order valence-electron chi connectivity index (χ2n) is 12.8. The Morgan fingerprint density at radius 1 is 0.889 bits per heavy atom. The van der Waals surface area contributed by atoms with Crippen molar-refractivity contribution in [3.05, 3.63) is 94.5 Å². The number of rotatable bonds is 13. The Balaban J connectivity index is 2.11. The summed E-state index contributed by atoms with van der Waals surface area (Å²) >= 11 is 0. The zero-order valence-electron chi connectivity index (χ0n) is 27.8. The Bertz CT molecular complexity index is 1420. The Morgan fingerprint density at radius 3 is 2.13 bits per heavy atom. The van der Waals surface area contributed by atoms with Gasteiger partial charge in [-0.2, -0.15) is 0 Å². The fourth-order valence-electron chi connectivity index (χ4n) is 5.35. The molecule has 3 aromatic rings. The molecule has 3 rings (SSSR count). The van der Waals surface area contributed by atoms with Crippen LogP contribution >= 0.6 is 0 Å². The van der Waals surface area contributed by atoms with Crippen molar-refractivity contribution in [3.63, 3.8) is 0 Å². The lowest BCUT2D eigenvalue weighted by Gasteiger charge is -2.35. The van der Waals surface area contributed by atoms with Gasteiger partial charge in [-0.1, -0.05) is 85.8 Å². The van der Waals surface area contributed by atoms with Crippen LogP contribution in [0, 0.1) is 20.8 Å². The summed E-state index contributed by atoms with van der Waals surface area (Å²) in [5.74, 6) is -0.629. The van der Waals surface area contributed by atoms with Crippen LogP contribution < -0.4 is 10.6 Å². The first-order valence-corrected chi connectivity index (χ1v) is 15.8. The van der Waals surface area contributed by atoms with Gasteiger partial charge in [0.15, 0.2) is 0 Å². The predicted molar refractivity (Wildman–Crippen MR) is 179 cm³/mol. The van der Waals surface area contributed by atoms with Gasteiger partial charge in [0.2, 0.25) is 5.91 Å². The molecule has 0 radical (unpaired) electrons. The third-order valence-corrected chi connectivity index (χ3v) is 7.42. The average Bonchev–Trinajstić information content (AvgIpc) is 2.94. The molecule has 2 unspecified atom stereocenters. The second kappa shape index (κ2) is 16.1. The van der Waals surface area contributed by atoms with Crippen LogP contribution in [0.2, 0.25) is 0 Å². The lowest BCUT2D eigenvalue weighted by molar-refractivity contribution is -0.140. The number of unbranched alkanes of at least 4 members (excludes halogenated alkanes) is 3. The van der Waals surface area contributed by atoms with Gasteiger partial charge in [0, 0.05) is 18.7 Å². The fourth-order valence-corrected chi connectivity index (χ4v) is 5.35. The highest BCUT2D eigenvalue weighted by Gasteiger charge is 2.36. The minimum atomic E-state index is -1.03. The minimum absolute atomic E-state index is 0.0991. The topological polar surface area (TPSA) is 108 Å². The number of nitrogens with zero attached hydrogens (tertiary/aromatic N) is 1. The summed E-state index contributed by atoms with van der Waals surface area (Å²) in [6.07, 6.45) is 3.02. The van der Waals surface area contributed by atoms with Crippen LogP contribution in [0.25, 0.3) is 0 Å². The van der Waals surface area contributed by atoms with Crippen LogP contribution in [0.3, 0.4) is 0 Å². The molecule has 0 fully saturated rings. The van der Waals surface area contributed by atoms with Crippen LogP contribution in [-0.2, 0) is 20.7 Å². The first kappa shape index (κ1) is 35.2. The maximum Gasteiger partial charge on any atom is 0.408 e. The zero-order chi connectivity index (χ0) is 33.1. The Morgan fingerprint density at radius 2 is 1.53 bits per heavy atom. The molecular weight excluding hydrogens is 566 g/mol. The Kier molecular flexibility index (Phi) is 12.6. The predicted octanol–water partition coefficient (Wildman–Crippen LogP) is 7.54. The van der Waals surface area contributed by atoms with E-state index in [0.717, 1.165) is 41.5 Å². The fraction of sp³-hybridized carbons (Fsp3) is 0.432. The molecule has 0 bridgehead atoms. The van der Waals surface area contributed by atoms with Gasteiger partial charge in [0.1, 0.15) is 23.4 Å². The minimum Gasteiger partial charge on any atom is -0.508 e. The van der Waals surface area contributed by atoms with Crippen LogP contribution in [0.5, 0.6) is 5.75 Å². The highest BCUT2D eigenvalue weighted by atomic mass is 16.6. The lowest BCUT2D eigenvalue weighted by Crippen LogP contribution is -2.53. The normalized spacial score (nSPS) is 12.6. The maximum atomic E-state index is 14.7. The standard InChI is InChI=1S/C37H49N3O5/c1-8-9-10-13-20-40(35(43)32(39-36(44)45-37(5,6)7)24-28-16-18-30(41)19-17-28)33(29-22-25(2)21-26(3)23-29)34(42)38-31-15-12-11-14-27(31)4/h11-12,14-19,21-23,32-33,41H,8-10,13,20,24H2,1-7H3,(H,38,42)(H,39,44). The number of phenolic OH excluding ortho intramolecular Hbond substituents is 1. The lowest BCUT2D eigenvalue weighted by atomic mass is 9.96. The zero-order valence-corrected chi connectivity index (χ0v) is 27.8. The SMILES string of the molecule is CCCCCCN(C(=O)C(Cc1ccc(O)cc1)NC(=O)OC(C)(C)C)C(C(=O)Nc1ccccc1C)c1cc(C)cc(C)c1. The molecular formula is C37H49N3O5. The summed E-state index contributed by atoms with van der Waals surface area (Å²) in [5, 5.41) is 15.7. The third-order valence-electron chi connectivity index (χ3n) is 7.42. The number of phenols is 1. The molecule has 45 heavy (non-hydrogen) atoms. The Labute approximate surface area is 268 Å². The number of hydrogen-bond acceptors (Lipinski definition) is 5. The van der Waals surface area contributed by atoms with Crippen molar-refractivity contribution in [1.29, 1.82) is 0 Å². The number of aryl methyl sites for hydroxylation is 3. The van der Waals surface area contributed by atoms with E-state index in [2.05, 4.69) is 17.6 Å². The number of para-hydroxylation sites is 1. The summed E-state index contributed by atoms with van der Waals surface area (Å²) in [6, 6.07) is 18.0. The summed E-state index contributed by atoms with van der Waals surface area (Å²) in [7, 11) is 0. The van der Waals surface area contributed by atoms with Gasteiger partial charge in [-0.15, -0.1) is 0 Å². The first-order valence-electron chi connectivity index (χ1n) is 15.8. The van der Waals surface area contributed by atoms with Gasteiger partial charge in [0.25, 0.3) is 5.91 Å². The Hall–Kier alpha value is -4.33. The van der Waals surface area contributed by atoms with E-state index in [1.165, 1.54) is 0 Å². The number of carbonyl (C=O) groups excluding carboxylic acids is 3. The van der Waals surface area contributed by atoms with Crippen LogP contribution in [0.4, 0.5) is 10.5 Å². The van der Waals surface area contributed by atoms with Crippen molar-refractivity contribution in [3.8, 4) is 5.75 Å². The number of nitrogens with one attached hydrogen (secondary N) is 2. The van der Waals surface area contributed by atoms with Crippen LogP contribution in [0.15, 0.2) is 66.7 Å². The molecule has 0 aliphatic carbocycles. The molecule has 3 N–H and O–H groups in total. The van der Waals surface area contributed by atoms with E-state index in [1.807, 2.05) is 63.2 Å². The van der Waals surface area contributed by atoms with E-state index in [0.29, 0.717) is 24.2 Å². The van der Waals surface area contributed by atoms with Gasteiger partial charge >= 0.3 is 6.09 Å². The largest absolute Gasteiger partial charge is 0.508 e. The summed E-state index contributed by atoms with van der Waals surface area (Å²) < 4.78 is 5.54. The molecule has 0 aromatic heterocycles. The van der Waals surface area contributed by atoms with E-state index < -0.39 is 29.7 Å². The second-order valence-corrected chi connectivity index (χ2v) is 12.8. The number of amides is 3. The molecule has 8 heteroatoms. The van der Waals surface area contributed by atoms with Crippen molar-refractivity contribution < 1.29 is 24.2 Å². The molecule has 0 saturated heterocycles.